The van der Waals surface area contributed by atoms with Gasteiger partial charge in [0.05, 0.1) is 5.60 Å². The third-order valence-corrected chi connectivity index (χ3v) is 3.83. The molecule has 1 fully saturated rings. The van der Waals surface area contributed by atoms with E-state index in [9.17, 15) is 14.6 Å². The average Bonchev–Trinajstić information content (AvgIpc) is 2.33. The van der Waals surface area contributed by atoms with E-state index in [0.717, 1.165) is 0 Å². The Bertz CT molecular complexity index is 389. The Morgan fingerprint density at radius 1 is 1.29 bits per heavy atom. The molecule has 0 amide bonds. The second kappa shape index (κ2) is 4.92. The number of hydrogen-bond donors (Lipinski definition) is 2. The Hall–Kier alpha value is -0.640. The van der Waals surface area contributed by atoms with Gasteiger partial charge in [0.1, 0.15) is 12.3 Å². The second-order valence-electron chi connectivity index (χ2n) is 4.70. The van der Waals surface area contributed by atoms with Crippen molar-refractivity contribution in [2.24, 2.45) is 0 Å². The van der Waals surface area contributed by atoms with Gasteiger partial charge in [-0.3, -0.25) is 0 Å². The molecule has 2 rings (SSSR count). The highest BCUT2D eigenvalue weighted by molar-refractivity contribution is 6.31. The second-order valence-corrected chi connectivity index (χ2v) is 5.11. The van der Waals surface area contributed by atoms with Crippen LogP contribution in [0.5, 0.6) is 0 Å². The lowest BCUT2D eigenvalue weighted by Crippen LogP contribution is -2.40. The van der Waals surface area contributed by atoms with E-state index in [-0.39, 0.29) is 25.7 Å². The number of halogens is 2. The van der Waals surface area contributed by atoms with Crippen LogP contribution in [0.25, 0.3) is 0 Å². The number of hydrogen-bond acceptors (Lipinski definition) is 2. The highest BCUT2D eigenvalue weighted by atomic mass is 35.5. The van der Waals surface area contributed by atoms with Gasteiger partial charge in [-0.25, -0.2) is 4.39 Å². The zero-order valence-corrected chi connectivity index (χ0v) is 10.2. The van der Waals surface area contributed by atoms with Gasteiger partial charge in [-0.15, -0.1) is 0 Å². The predicted octanol–water partition coefficient (Wildman–Crippen LogP) is 3.02. The van der Waals surface area contributed by atoms with Crippen molar-refractivity contribution in [2.45, 2.75) is 43.6 Å². The molecule has 2 nitrogen and oxygen atoms in total. The molecule has 1 aliphatic carbocycles. The molecule has 0 heterocycles. The fourth-order valence-corrected chi connectivity index (χ4v) is 2.58. The third-order valence-electron chi connectivity index (χ3n) is 3.49. The Morgan fingerprint density at radius 2 is 1.88 bits per heavy atom. The highest BCUT2D eigenvalue weighted by Gasteiger charge is 2.40. The van der Waals surface area contributed by atoms with Crippen LogP contribution in [0.3, 0.4) is 0 Å². The summed E-state index contributed by atoms with van der Waals surface area (Å²) in [5, 5.41) is 21.0. The smallest absolute Gasteiger partial charge is 0.109 e. The summed E-state index contributed by atoms with van der Waals surface area (Å²) in [4.78, 5) is 0. The first-order chi connectivity index (χ1) is 8.03. The fraction of sp³-hybridized carbons (Fsp3) is 0.538. The SMILES string of the molecule is OC(c1ccccc1Cl)[C@]1(O)CC[C@@H](F)CC1. The van der Waals surface area contributed by atoms with E-state index in [2.05, 4.69) is 0 Å². The minimum atomic E-state index is -1.26. The predicted molar refractivity (Wildman–Crippen MR) is 64.7 cm³/mol. The molecule has 0 bridgehead atoms. The van der Waals surface area contributed by atoms with E-state index in [1.54, 1.807) is 24.3 Å². The van der Waals surface area contributed by atoms with E-state index in [0.29, 0.717) is 10.6 Å². The van der Waals surface area contributed by atoms with Crippen LogP contribution in [0.15, 0.2) is 24.3 Å². The van der Waals surface area contributed by atoms with Crippen molar-refractivity contribution >= 4 is 11.6 Å². The van der Waals surface area contributed by atoms with Gasteiger partial charge >= 0.3 is 0 Å². The van der Waals surface area contributed by atoms with Crippen molar-refractivity contribution in [3.05, 3.63) is 34.9 Å². The van der Waals surface area contributed by atoms with E-state index in [1.807, 2.05) is 0 Å². The lowest BCUT2D eigenvalue weighted by Gasteiger charge is -2.37. The minimum absolute atomic E-state index is 0.264. The maximum Gasteiger partial charge on any atom is 0.109 e. The number of alkyl halides is 1. The van der Waals surface area contributed by atoms with Crippen molar-refractivity contribution in [1.29, 1.82) is 0 Å². The van der Waals surface area contributed by atoms with Gasteiger partial charge in [-0.05, 0) is 31.7 Å². The lowest BCUT2D eigenvalue weighted by atomic mass is 9.78. The van der Waals surface area contributed by atoms with Crippen molar-refractivity contribution in [3.8, 4) is 0 Å². The van der Waals surface area contributed by atoms with Crippen molar-refractivity contribution in [1.82, 2.24) is 0 Å². The molecule has 1 unspecified atom stereocenters. The molecule has 1 saturated carbocycles. The minimum Gasteiger partial charge on any atom is -0.387 e. The summed E-state index contributed by atoms with van der Waals surface area (Å²) in [6.45, 7) is 0. The van der Waals surface area contributed by atoms with Gasteiger partial charge in [-0.1, -0.05) is 29.8 Å². The maximum atomic E-state index is 13.1. The van der Waals surface area contributed by atoms with Crippen LogP contribution in [0.1, 0.15) is 37.4 Å². The summed E-state index contributed by atoms with van der Waals surface area (Å²) in [6.07, 6.45) is -0.811. The zero-order chi connectivity index (χ0) is 12.5. The Balaban J connectivity index is 2.20. The topological polar surface area (TPSA) is 40.5 Å². The largest absolute Gasteiger partial charge is 0.387 e. The van der Waals surface area contributed by atoms with Crippen molar-refractivity contribution in [2.75, 3.05) is 0 Å². The van der Waals surface area contributed by atoms with Crippen LogP contribution in [0, 0.1) is 0 Å². The van der Waals surface area contributed by atoms with E-state index < -0.39 is 17.9 Å². The quantitative estimate of drug-likeness (QED) is 0.856. The van der Waals surface area contributed by atoms with Gasteiger partial charge < -0.3 is 10.2 Å². The molecule has 0 aromatic heterocycles. The molecule has 17 heavy (non-hydrogen) atoms. The Morgan fingerprint density at radius 3 is 2.47 bits per heavy atom. The summed E-state index contributed by atoms with van der Waals surface area (Å²) in [5.74, 6) is 0. The summed E-state index contributed by atoms with van der Waals surface area (Å²) < 4.78 is 13.1. The molecule has 1 aliphatic rings. The Kier molecular flexibility index (Phi) is 3.71. The first-order valence-corrected chi connectivity index (χ1v) is 6.20. The van der Waals surface area contributed by atoms with E-state index >= 15 is 0 Å². The molecule has 4 heteroatoms. The summed E-state index contributed by atoms with van der Waals surface area (Å²) in [7, 11) is 0. The Labute approximate surface area is 105 Å². The summed E-state index contributed by atoms with van der Waals surface area (Å²) in [5.41, 5.74) is -0.748. The molecule has 1 atom stereocenters. The monoisotopic (exact) mass is 258 g/mol. The maximum absolute atomic E-state index is 13.1. The number of benzene rings is 1. The van der Waals surface area contributed by atoms with Crippen LogP contribution in [0.2, 0.25) is 5.02 Å². The lowest BCUT2D eigenvalue weighted by molar-refractivity contribution is -0.108. The molecule has 2 N–H and O–H groups in total. The fourth-order valence-electron chi connectivity index (χ4n) is 2.34. The van der Waals surface area contributed by atoms with Crippen LogP contribution < -0.4 is 0 Å². The standard InChI is InChI=1S/C13H16ClFO2/c14-11-4-2-1-3-10(11)12(16)13(17)7-5-9(15)6-8-13/h1-4,9,12,16-17H,5-8H2/t9-,12?,13+. The molecule has 0 spiro atoms. The van der Waals surface area contributed by atoms with Gasteiger partial charge in [0.15, 0.2) is 0 Å². The number of aliphatic hydroxyl groups excluding tert-OH is 1. The zero-order valence-electron chi connectivity index (χ0n) is 9.44. The van der Waals surface area contributed by atoms with Crippen LogP contribution in [-0.4, -0.2) is 22.0 Å². The number of aliphatic hydroxyl groups is 2. The molecule has 0 aliphatic heterocycles. The van der Waals surface area contributed by atoms with Gasteiger partial charge in [0, 0.05) is 10.6 Å². The molecule has 1 aromatic carbocycles. The highest BCUT2D eigenvalue weighted by Crippen LogP contribution is 2.40. The van der Waals surface area contributed by atoms with Gasteiger partial charge in [0.2, 0.25) is 0 Å². The number of rotatable bonds is 2. The average molecular weight is 259 g/mol. The molecule has 94 valence electrons. The molecule has 1 aromatic rings. The summed E-state index contributed by atoms with van der Waals surface area (Å²) >= 11 is 5.98. The molecular formula is C13H16ClFO2. The van der Waals surface area contributed by atoms with Gasteiger partial charge in [-0.2, -0.15) is 0 Å². The first kappa shape index (κ1) is 12.8. The summed E-state index contributed by atoms with van der Waals surface area (Å²) in [6, 6.07) is 6.88. The third kappa shape index (κ3) is 2.62. The van der Waals surface area contributed by atoms with Crippen LogP contribution in [-0.2, 0) is 0 Å². The van der Waals surface area contributed by atoms with Crippen LogP contribution >= 0.6 is 11.6 Å². The molecular weight excluding hydrogens is 243 g/mol. The van der Waals surface area contributed by atoms with Crippen molar-refractivity contribution < 1.29 is 14.6 Å². The molecule has 0 saturated heterocycles. The van der Waals surface area contributed by atoms with E-state index in [1.165, 1.54) is 0 Å². The van der Waals surface area contributed by atoms with Crippen LogP contribution in [0.4, 0.5) is 4.39 Å². The first-order valence-electron chi connectivity index (χ1n) is 5.82. The van der Waals surface area contributed by atoms with Crippen molar-refractivity contribution in [3.63, 3.8) is 0 Å². The normalized spacial score (nSPS) is 31.2. The molecule has 0 radical (unpaired) electrons. The van der Waals surface area contributed by atoms with E-state index in [4.69, 9.17) is 11.6 Å². The van der Waals surface area contributed by atoms with Gasteiger partial charge in [0.25, 0.3) is 0 Å².